The number of halogens is 3. The number of hydrogen-bond donors (Lipinski definition) is 1. The number of alkyl halides is 3. The van der Waals surface area contributed by atoms with E-state index in [1.54, 1.807) is 20.8 Å². The number of rotatable bonds is 5. The van der Waals surface area contributed by atoms with Crippen LogP contribution in [0.25, 0.3) is 0 Å². The molecule has 0 saturated carbocycles. The number of amides is 2. The van der Waals surface area contributed by atoms with E-state index in [0.717, 1.165) is 18.2 Å². The molecule has 0 spiro atoms. The lowest BCUT2D eigenvalue weighted by Gasteiger charge is -2.28. The largest absolute Gasteiger partial charge is 0.444 e. The van der Waals surface area contributed by atoms with Gasteiger partial charge in [-0.3, -0.25) is 9.69 Å². The third-order valence-corrected chi connectivity index (χ3v) is 7.12. The molecule has 2 aromatic carbocycles. The van der Waals surface area contributed by atoms with Gasteiger partial charge in [-0.25, -0.2) is 13.2 Å². The number of nitrogens with one attached hydrogen (secondary N) is 1. The monoisotopic (exact) mass is 512 g/mol. The third-order valence-electron chi connectivity index (χ3n) is 5.36. The molecule has 0 bridgehead atoms. The average molecular weight is 513 g/mol. The van der Waals surface area contributed by atoms with Crippen LogP contribution >= 0.6 is 0 Å². The quantitative estimate of drug-likeness (QED) is 0.635. The maximum atomic E-state index is 13.0. The summed E-state index contributed by atoms with van der Waals surface area (Å²) in [5.41, 5.74) is -1.15. The predicted molar refractivity (Wildman–Crippen MR) is 121 cm³/mol. The first-order valence-electron chi connectivity index (χ1n) is 11.0. The molecule has 1 heterocycles. The van der Waals surface area contributed by atoms with Gasteiger partial charge in [0.2, 0.25) is 15.7 Å². The molecule has 2 aromatic rings. The number of benzene rings is 2. The van der Waals surface area contributed by atoms with E-state index in [2.05, 4.69) is 5.32 Å². The number of likely N-dealkylation sites (tertiary alicyclic amines) is 1. The van der Waals surface area contributed by atoms with Crippen molar-refractivity contribution in [2.75, 3.05) is 6.54 Å². The van der Waals surface area contributed by atoms with Crippen LogP contribution in [0.5, 0.6) is 0 Å². The van der Waals surface area contributed by atoms with Gasteiger partial charge in [-0.15, -0.1) is 0 Å². The lowest BCUT2D eigenvalue weighted by Crippen LogP contribution is -2.47. The fraction of sp³-hybridized carbons (Fsp3) is 0.417. The topological polar surface area (TPSA) is 92.8 Å². The van der Waals surface area contributed by atoms with Crippen molar-refractivity contribution in [3.8, 4) is 0 Å². The summed E-state index contributed by atoms with van der Waals surface area (Å²) in [6.07, 6.45) is -4.05. The van der Waals surface area contributed by atoms with Crippen molar-refractivity contribution in [2.45, 2.75) is 67.8 Å². The van der Waals surface area contributed by atoms with Crippen LogP contribution in [0.4, 0.5) is 18.0 Å². The molecule has 0 unspecified atom stereocenters. The van der Waals surface area contributed by atoms with Crippen LogP contribution in [-0.4, -0.2) is 43.5 Å². The Kier molecular flexibility index (Phi) is 7.49. The molecule has 1 atom stereocenters. The Hall–Kier alpha value is -3.08. The van der Waals surface area contributed by atoms with Crippen molar-refractivity contribution in [2.24, 2.45) is 0 Å². The zero-order valence-corrected chi connectivity index (χ0v) is 20.4. The van der Waals surface area contributed by atoms with Crippen molar-refractivity contribution in [1.82, 2.24) is 10.2 Å². The second kappa shape index (κ2) is 9.88. The van der Waals surface area contributed by atoms with Crippen LogP contribution in [0, 0.1) is 0 Å². The Morgan fingerprint density at radius 1 is 1.06 bits per heavy atom. The van der Waals surface area contributed by atoms with Gasteiger partial charge < -0.3 is 10.1 Å². The summed E-state index contributed by atoms with van der Waals surface area (Å²) in [7, 11) is -4.16. The molecule has 1 aliphatic rings. The summed E-state index contributed by atoms with van der Waals surface area (Å²) < 4.78 is 69.8. The molecular formula is C24H27F3N2O5S. The van der Waals surface area contributed by atoms with Crippen LogP contribution in [0.2, 0.25) is 0 Å². The minimum atomic E-state index is -4.66. The summed E-state index contributed by atoms with van der Waals surface area (Å²) in [6, 6.07) is 8.40. The van der Waals surface area contributed by atoms with E-state index in [4.69, 9.17) is 4.74 Å². The molecule has 2 amide bonds. The highest BCUT2D eigenvalue weighted by Gasteiger charge is 2.36. The molecule has 1 saturated heterocycles. The van der Waals surface area contributed by atoms with Crippen molar-refractivity contribution < 1.29 is 35.9 Å². The van der Waals surface area contributed by atoms with Gasteiger partial charge in [-0.05, 0) is 69.5 Å². The summed E-state index contributed by atoms with van der Waals surface area (Å²) in [5, 5.41) is 2.74. The van der Waals surface area contributed by atoms with Crippen molar-refractivity contribution in [3.63, 3.8) is 0 Å². The van der Waals surface area contributed by atoms with Crippen molar-refractivity contribution >= 4 is 21.8 Å². The second-order valence-electron chi connectivity index (χ2n) is 9.22. The highest BCUT2D eigenvalue weighted by atomic mass is 32.2. The van der Waals surface area contributed by atoms with E-state index in [9.17, 15) is 31.2 Å². The van der Waals surface area contributed by atoms with Crippen LogP contribution < -0.4 is 5.32 Å². The summed E-state index contributed by atoms with van der Waals surface area (Å²) >= 11 is 0. The number of nitrogens with zero attached hydrogens (tertiary/aromatic N) is 1. The Balaban J connectivity index is 1.66. The van der Waals surface area contributed by atoms with E-state index in [0.29, 0.717) is 31.0 Å². The first-order chi connectivity index (χ1) is 16.2. The summed E-state index contributed by atoms with van der Waals surface area (Å²) in [6.45, 7) is 5.73. The molecule has 11 heteroatoms. The minimum absolute atomic E-state index is 0.0847. The summed E-state index contributed by atoms with van der Waals surface area (Å²) in [4.78, 5) is 25.8. The smallest absolute Gasteiger partial charge is 0.416 e. The third kappa shape index (κ3) is 6.53. The van der Waals surface area contributed by atoms with Crippen LogP contribution in [0.15, 0.2) is 58.3 Å². The SMILES string of the molecule is CC(C)(C)OC(=O)N1CCC[C@@H]1C(=O)NCc1ccc(S(=O)(=O)c2cccc(C(F)(F)F)c2)cc1. The summed E-state index contributed by atoms with van der Waals surface area (Å²) in [5.74, 6) is -0.353. The number of sulfone groups is 1. The maximum Gasteiger partial charge on any atom is 0.416 e. The van der Waals surface area contributed by atoms with Gasteiger partial charge in [0.1, 0.15) is 11.6 Å². The Morgan fingerprint density at radius 2 is 1.71 bits per heavy atom. The van der Waals surface area contributed by atoms with Crippen molar-refractivity contribution in [1.29, 1.82) is 0 Å². The molecule has 7 nitrogen and oxygen atoms in total. The number of carbonyl (C=O) groups excluding carboxylic acids is 2. The van der Waals surface area contributed by atoms with Crippen LogP contribution in [0.1, 0.15) is 44.7 Å². The molecular weight excluding hydrogens is 485 g/mol. The van der Waals surface area contributed by atoms with Crippen LogP contribution in [-0.2, 0) is 32.1 Å². The van der Waals surface area contributed by atoms with Gasteiger partial charge in [-0.1, -0.05) is 18.2 Å². The molecule has 0 aliphatic carbocycles. The van der Waals surface area contributed by atoms with Gasteiger partial charge in [0.25, 0.3) is 0 Å². The molecule has 1 fully saturated rings. The van der Waals surface area contributed by atoms with Gasteiger partial charge in [0, 0.05) is 13.1 Å². The van der Waals surface area contributed by atoms with Crippen molar-refractivity contribution in [3.05, 3.63) is 59.7 Å². The minimum Gasteiger partial charge on any atom is -0.444 e. The maximum absolute atomic E-state index is 13.0. The first-order valence-corrected chi connectivity index (χ1v) is 12.5. The molecule has 3 rings (SSSR count). The average Bonchev–Trinajstić information content (AvgIpc) is 3.26. The van der Waals surface area contributed by atoms with Crippen LogP contribution in [0.3, 0.4) is 0 Å². The fourth-order valence-electron chi connectivity index (χ4n) is 3.65. The van der Waals surface area contributed by atoms with E-state index >= 15 is 0 Å². The van der Waals surface area contributed by atoms with Gasteiger partial charge >= 0.3 is 12.3 Å². The molecule has 35 heavy (non-hydrogen) atoms. The molecule has 1 N–H and O–H groups in total. The number of carbonyl (C=O) groups is 2. The predicted octanol–water partition coefficient (Wildman–Crippen LogP) is 4.55. The van der Waals surface area contributed by atoms with Gasteiger partial charge in [0.15, 0.2) is 0 Å². The highest BCUT2D eigenvalue weighted by molar-refractivity contribution is 7.91. The molecule has 0 aromatic heterocycles. The zero-order chi connectivity index (χ0) is 26.0. The Bertz CT molecular complexity index is 1190. The lowest BCUT2D eigenvalue weighted by atomic mass is 10.2. The van der Waals surface area contributed by atoms with Gasteiger partial charge in [-0.2, -0.15) is 13.2 Å². The first kappa shape index (κ1) is 26.5. The Labute approximate surface area is 202 Å². The standard InChI is InChI=1S/C24H27F3N2O5S/c1-23(2,3)34-22(31)29-13-5-8-20(29)21(30)28-15-16-9-11-18(12-10-16)35(32,33)19-7-4-6-17(14-19)24(25,26)27/h4,6-7,9-12,14,20H,5,8,13,15H2,1-3H3,(H,28,30)/t20-/m1/s1. The Morgan fingerprint density at radius 3 is 2.31 bits per heavy atom. The number of ether oxygens (including phenoxy) is 1. The highest BCUT2D eigenvalue weighted by Crippen LogP contribution is 2.32. The zero-order valence-electron chi connectivity index (χ0n) is 19.6. The molecule has 1 aliphatic heterocycles. The van der Waals surface area contributed by atoms with E-state index < -0.39 is 44.2 Å². The second-order valence-corrected chi connectivity index (χ2v) is 11.2. The normalized spacial score (nSPS) is 16.7. The lowest BCUT2D eigenvalue weighted by molar-refractivity contribution is -0.137. The van der Waals surface area contributed by atoms with Gasteiger partial charge in [0.05, 0.1) is 15.4 Å². The van der Waals surface area contributed by atoms with E-state index in [-0.39, 0.29) is 17.3 Å². The van der Waals surface area contributed by atoms with E-state index in [1.807, 2.05) is 0 Å². The molecule has 190 valence electrons. The number of hydrogen-bond acceptors (Lipinski definition) is 5. The fourth-order valence-corrected chi connectivity index (χ4v) is 4.95. The molecule has 0 radical (unpaired) electrons. The van der Waals surface area contributed by atoms with E-state index in [1.165, 1.54) is 29.2 Å².